The third-order valence-corrected chi connectivity index (χ3v) is 8.74. The smallest absolute Gasteiger partial charge is 0.202 e. The van der Waals surface area contributed by atoms with Gasteiger partial charge in [-0.25, -0.2) is 13.4 Å². The van der Waals surface area contributed by atoms with Crippen LogP contribution in [-0.2, 0) is 15.3 Å². The van der Waals surface area contributed by atoms with Gasteiger partial charge in [0, 0.05) is 39.4 Å². The van der Waals surface area contributed by atoms with Crippen LogP contribution >= 0.6 is 11.3 Å². The molecular formula is C25H30N2O4S2. The van der Waals surface area contributed by atoms with Gasteiger partial charge in [-0.2, -0.15) is 0 Å². The van der Waals surface area contributed by atoms with E-state index in [4.69, 9.17) is 9.72 Å². The molecule has 1 aromatic carbocycles. The van der Waals surface area contributed by atoms with Crippen LogP contribution in [0.15, 0.2) is 35.7 Å². The third kappa shape index (κ3) is 5.06. The lowest BCUT2D eigenvalue weighted by Crippen LogP contribution is -2.16. The van der Waals surface area contributed by atoms with E-state index in [1.165, 1.54) is 0 Å². The van der Waals surface area contributed by atoms with Crippen molar-refractivity contribution in [2.24, 2.45) is 0 Å². The molecule has 4 rings (SSSR count). The SMILES string of the molecule is Cc1cc(C(=O)COc2ccc(-c3nc(C(C)(C)C)cs3)cc2)c(C)n1[C@H]1CCS(=O)(=O)C1. The second-order valence-corrected chi connectivity index (χ2v) is 12.8. The van der Waals surface area contributed by atoms with E-state index in [1.807, 2.05) is 48.7 Å². The quantitative estimate of drug-likeness (QED) is 0.451. The Morgan fingerprint density at radius 2 is 1.91 bits per heavy atom. The molecule has 0 N–H and O–H groups in total. The Balaban J connectivity index is 1.42. The van der Waals surface area contributed by atoms with Gasteiger partial charge < -0.3 is 9.30 Å². The summed E-state index contributed by atoms with van der Waals surface area (Å²) in [4.78, 5) is 17.6. The maximum Gasteiger partial charge on any atom is 0.202 e. The van der Waals surface area contributed by atoms with Crippen LogP contribution in [0.5, 0.6) is 5.75 Å². The number of hydrogen-bond acceptors (Lipinski definition) is 6. The first kappa shape index (κ1) is 23.7. The van der Waals surface area contributed by atoms with Gasteiger partial charge in [-0.1, -0.05) is 20.8 Å². The molecule has 0 spiro atoms. The van der Waals surface area contributed by atoms with Crippen molar-refractivity contribution in [1.29, 1.82) is 0 Å². The highest BCUT2D eigenvalue weighted by atomic mass is 32.2. The van der Waals surface area contributed by atoms with Crippen LogP contribution in [0.3, 0.4) is 0 Å². The molecule has 8 heteroatoms. The number of carbonyl (C=O) groups is 1. The number of nitrogens with zero attached hydrogens (tertiary/aromatic N) is 2. The molecule has 1 fully saturated rings. The van der Waals surface area contributed by atoms with Crippen molar-refractivity contribution >= 4 is 27.0 Å². The summed E-state index contributed by atoms with van der Waals surface area (Å²) in [5.74, 6) is 0.843. The van der Waals surface area contributed by atoms with Crippen LogP contribution in [0.2, 0.25) is 0 Å². The fraction of sp³-hybridized carbons (Fsp3) is 0.440. The fourth-order valence-corrected chi connectivity index (χ4v) is 7.02. The normalized spacial score (nSPS) is 17.9. The molecule has 0 radical (unpaired) electrons. The van der Waals surface area contributed by atoms with Gasteiger partial charge in [-0.15, -0.1) is 11.3 Å². The number of Topliss-reactive ketones (excluding diaryl/α,β-unsaturated/α-hetero) is 1. The largest absolute Gasteiger partial charge is 0.485 e. The summed E-state index contributed by atoms with van der Waals surface area (Å²) in [6.45, 7) is 10.2. The van der Waals surface area contributed by atoms with Gasteiger partial charge >= 0.3 is 0 Å². The first-order valence-electron chi connectivity index (χ1n) is 11.1. The Hall–Kier alpha value is -2.45. The van der Waals surface area contributed by atoms with Gasteiger partial charge in [0.25, 0.3) is 0 Å². The number of carbonyl (C=O) groups excluding carboxylic acids is 1. The van der Waals surface area contributed by atoms with Crippen LogP contribution in [0.1, 0.15) is 60.7 Å². The van der Waals surface area contributed by atoms with Gasteiger partial charge in [0.2, 0.25) is 5.78 Å². The molecule has 1 atom stereocenters. The zero-order valence-electron chi connectivity index (χ0n) is 19.7. The molecule has 1 aliphatic heterocycles. The lowest BCUT2D eigenvalue weighted by molar-refractivity contribution is 0.0920. The van der Waals surface area contributed by atoms with Crippen molar-refractivity contribution < 1.29 is 17.9 Å². The van der Waals surface area contributed by atoms with Crippen LogP contribution in [0.25, 0.3) is 10.6 Å². The molecule has 6 nitrogen and oxygen atoms in total. The Labute approximate surface area is 199 Å². The van der Waals surface area contributed by atoms with Crippen molar-refractivity contribution in [1.82, 2.24) is 9.55 Å². The number of ether oxygens (including phenoxy) is 1. The van der Waals surface area contributed by atoms with Crippen molar-refractivity contribution in [3.8, 4) is 16.3 Å². The van der Waals surface area contributed by atoms with Crippen LogP contribution < -0.4 is 4.74 Å². The number of hydrogen-bond donors (Lipinski definition) is 0. The second-order valence-electron chi connectivity index (χ2n) is 9.74. The van der Waals surface area contributed by atoms with Crippen molar-refractivity contribution in [2.45, 2.75) is 52.5 Å². The summed E-state index contributed by atoms with van der Waals surface area (Å²) in [7, 11) is -3.00. The minimum Gasteiger partial charge on any atom is -0.485 e. The monoisotopic (exact) mass is 486 g/mol. The Bertz CT molecular complexity index is 1280. The molecule has 2 aromatic heterocycles. The number of sulfone groups is 1. The van der Waals surface area contributed by atoms with Crippen molar-refractivity contribution in [3.05, 3.63) is 58.4 Å². The van der Waals surface area contributed by atoms with E-state index >= 15 is 0 Å². The molecular weight excluding hydrogens is 456 g/mol. The van der Waals surface area contributed by atoms with Crippen molar-refractivity contribution in [3.63, 3.8) is 0 Å². The Morgan fingerprint density at radius 1 is 1.21 bits per heavy atom. The topological polar surface area (TPSA) is 78.3 Å². The summed E-state index contributed by atoms with van der Waals surface area (Å²) >= 11 is 1.62. The van der Waals surface area contributed by atoms with Gasteiger partial charge in [-0.05, 0) is 50.6 Å². The zero-order chi connectivity index (χ0) is 24.0. The lowest BCUT2D eigenvalue weighted by Gasteiger charge is -2.16. The van der Waals surface area contributed by atoms with Crippen molar-refractivity contribution in [2.75, 3.05) is 18.1 Å². The Morgan fingerprint density at radius 3 is 2.48 bits per heavy atom. The summed E-state index contributed by atoms with van der Waals surface area (Å²) in [6.07, 6.45) is 0.589. The van der Waals surface area contributed by atoms with E-state index in [2.05, 4.69) is 26.2 Å². The highest BCUT2D eigenvalue weighted by molar-refractivity contribution is 7.91. The molecule has 0 amide bonds. The van der Waals surface area contributed by atoms with E-state index in [-0.39, 0.29) is 35.4 Å². The van der Waals surface area contributed by atoms with E-state index < -0.39 is 9.84 Å². The summed E-state index contributed by atoms with van der Waals surface area (Å²) in [5.41, 5.74) is 4.40. The third-order valence-electron chi connectivity index (χ3n) is 6.10. The average molecular weight is 487 g/mol. The highest BCUT2D eigenvalue weighted by Gasteiger charge is 2.31. The second kappa shape index (κ2) is 8.72. The minimum absolute atomic E-state index is 0.0135. The summed E-state index contributed by atoms with van der Waals surface area (Å²) in [5, 5.41) is 3.06. The number of ketones is 1. The minimum atomic E-state index is -3.00. The molecule has 33 heavy (non-hydrogen) atoms. The standard InChI is InChI=1S/C25H30N2O4S2/c1-16-12-21(17(2)27(16)19-10-11-33(29,30)15-19)22(28)13-31-20-8-6-18(7-9-20)24-26-23(14-32-24)25(3,4)5/h6-9,12,14,19H,10-11,13,15H2,1-5H3/t19-/m0/s1. The van der Waals surface area contributed by atoms with Crippen LogP contribution in [0, 0.1) is 13.8 Å². The summed E-state index contributed by atoms with van der Waals surface area (Å²) < 4.78 is 31.5. The number of benzene rings is 1. The number of aryl methyl sites for hydroxylation is 1. The van der Waals surface area contributed by atoms with E-state index in [0.29, 0.717) is 17.7 Å². The lowest BCUT2D eigenvalue weighted by atomic mass is 9.93. The highest BCUT2D eigenvalue weighted by Crippen LogP contribution is 2.31. The van der Waals surface area contributed by atoms with E-state index in [1.54, 1.807) is 11.3 Å². The Kier molecular flexibility index (Phi) is 6.26. The zero-order valence-corrected chi connectivity index (χ0v) is 21.3. The molecule has 0 unspecified atom stereocenters. The summed E-state index contributed by atoms with van der Waals surface area (Å²) in [6, 6.07) is 9.36. The van der Waals surface area contributed by atoms with Crippen LogP contribution in [0.4, 0.5) is 0 Å². The molecule has 1 saturated heterocycles. The maximum atomic E-state index is 12.9. The van der Waals surface area contributed by atoms with Gasteiger partial charge in [0.05, 0.1) is 17.2 Å². The molecule has 0 saturated carbocycles. The number of aromatic nitrogens is 2. The number of rotatable bonds is 6. The maximum absolute atomic E-state index is 12.9. The first-order chi connectivity index (χ1) is 15.4. The fourth-order valence-electron chi connectivity index (χ4n) is 4.27. The first-order valence-corrected chi connectivity index (χ1v) is 13.8. The van der Waals surface area contributed by atoms with E-state index in [9.17, 15) is 13.2 Å². The average Bonchev–Trinajstić information content (AvgIpc) is 3.44. The molecule has 3 heterocycles. The van der Waals surface area contributed by atoms with Gasteiger partial charge in [0.1, 0.15) is 10.8 Å². The molecule has 3 aromatic rings. The predicted octanol–water partition coefficient (Wildman–Crippen LogP) is 5.15. The van der Waals surface area contributed by atoms with Gasteiger partial charge in [0.15, 0.2) is 16.4 Å². The van der Waals surface area contributed by atoms with E-state index in [0.717, 1.165) is 27.7 Å². The van der Waals surface area contributed by atoms with Crippen LogP contribution in [-0.4, -0.2) is 41.9 Å². The molecule has 0 aliphatic carbocycles. The predicted molar refractivity (Wildman–Crippen MR) is 132 cm³/mol. The molecule has 176 valence electrons. The number of thiazole rings is 1. The van der Waals surface area contributed by atoms with Gasteiger partial charge in [-0.3, -0.25) is 4.79 Å². The molecule has 0 bridgehead atoms. The molecule has 1 aliphatic rings.